The molecule has 0 aliphatic carbocycles. The van der Waals surface area contributed by atoms with Gasteiger partial charge in [0.05, 0.1) is 0 Å². The predicted molar refractivity (Wildman–Crippen MR) is 80.3 cm³/mol. The number of likely N-dealkylation sites (tertiary alicyclic amines) is 1. The first-order valence-electron chi connectivity index (χ1n) is 7.39. The average molecular weight is 276 g/mol. The summed E-state index contributed by atoms with van der Waals surface area (Å²) in [7, 11) is 0. The van der Waals surface area contributed by atoms with Gasteiger partial charge >= 0.3 is 0 Å². The molecule has 2 atom stereocenters. The lowest BCUT2D eigenvalue weighted by atomic mass is 9.88. The summed E-state index contributed by atoms with van der Waals surface area (Å²) in [6.07, 6.45) is 6.37. The number of rotatable bonds is 3. The summed E-state index contributed by atoms with van der Waals surface area (Å²) in [6.45, 7) is 8.29. The molecule has 2 saturated heterocycles. The molecule has 0 spiro atoms. The lowest BCUT2D eigenvalue weighted by molar-refractivity contribution is 0.0573. The minimum Gasteiger partial charge on any atom is -0.328 e. The van der Waals surface area contributed by atoms with Gasteiger partial charge in [-0.3, -0.25) is 4.90 Å². The molecule has 18 heavy (non-hydrogen) atoms. The first-order valence-corrected chi connectivity index (χ1v) is 7.39. The SMILES string of the molecule is CC(C)C[C@@H]1CC(N)CCN1C1CCNCC1.Cl. The molecule has 0 radical (unpaired) electrons. The fraction of sp³-hybridized carbons (Fsp3) is 1.00. The van der Waals surface area contributed by atoms with Gasteiger partial charge in [-0.2, -0.15) is 0 Å². The van der Waals surface area contributed by atoms with E-state index in [0.29, 0.717) is 6.04 Å². The van der Waals surface area contributed by atoms with E-state index in [9.17, 15) is 0 Å². The van der Waals surface area contributed by atoms with Crippen molar-refractivity contribution < 1.29 is 0 Å². The summed E-state index contributed by atoms with van der Waals surface area (Å²) in [5.41, 5.74) is 6.15. The van der Waals surface area contributed by atoms with E-state index in [4.69, 9.17) is 5.73 Å². The maximum atomic E-state index is 6.15. The van der Waals surface area contributed by atoms with Crippen molar-refractivity contribution >= 4 is 12.4 Å². The molecule has 0 bridgehead atoms. The van der Waals surface area contributed by atoms with E-state index >= 15 is 0 Å². The summed E-state index contributed by atoms with van der Waals surface area (Å²) < 4.78 is 0. The van der Waals surface area contributed by atoms with Crippen LogP contribution in [0.2, 0.25) is 0 Å². The van der Waals surface area contributed by atoms with E-state index in [1.54, 1.807) is 0 Å². The second kappa shape index (κ2) is 7.68. The average Bonchev–Trinajstić information content (AvgIpc) is 2.29. The molecule has 108 valence electrons. The fourth-order valence-electron chi connectivity index (χ4n) is 3.50. The van der Waals surface area contributed by atoms with Crippen molar-refractivity contribution in [2.75, 3.05) is 19.6 Å². The maximum Gasteiger partial charge on any atom is 0.0122 e. The van der Waals surface area contributed by atoms with Gasteiger partial charge in [-0.25, -0.2) is 0 Å². The number of hydrogen-bond donors (Lipinski definition) is 2. The Kier molecular flexibility index (Phi) is 6.93. The van der Waals surface area contributed by atoms with Crippen LogP contribution in [0.25, 0.3) is 0 Å². The minimum atomic E-state index is 0. The number of piperidine rings is 2. The maximum absolute atomic E-state index is 6.15. The molecule has 4 heteroatoms. The Hall–Kier alpha value is 0.170. The highest BCUT2D eigenvalue weighted by atomic mass is 35.5. The highest BCUT2D eigenvalue weighted by Crippen LogP contribution is 2.27. The van der Waals surface area contributed by atoms with Crippen molar-refractivity contribution in [3.05, 3.63) is 0 Å². The largest absolute Gasteiger partial charge is 0.328 e. The lowest BCUT2D eigenvalue weighted by Gasteiger charge is -2.45. The second-order valence-electron chi connectivity index (χ2n) is 6.29. The highest BCUT2D eigenvalue weighted by Gasteiger charge is 2.32. The first-order chi connectivity index (χ1) is 8.16. The molecule has 3 N–H and O–H groups in total. The monoisotopic (exact) mass is 275 g/mol. The van der Waals surface area contributed by atoms with Crippen LogP contribution in [-0.4, -0.2) is 42.7 Å². The third-order valence-electron chi connectivity index (χ3n) is 4.32. The lowest BCUT2D eigenvalue weighted by Crippen LogP contribution is -2.54. The van der Waals surface area contributed by atoms with Crippen molar-refractivity contribution in [2.24, 2.45) is 11.7 Å². The Morgan fingerprint density at radius 3 is 2.50 bits per heavy atom. The van der Waals surface area contributed by atoms with Crippen LogP contribution in [0.15, 0.2) is 0 Å². The molecule has 0 saturated carbocycles. The van der Waals surface area contributed by atoms with Crippen molar-refractivity contribution in [3.63, 3.8) is 0 Å². The zero-order chi connectivity index (χ0) is 12.3. The molecule has 1 unspecified atom stereocenters. The van der Waals surface area contributed by atoms with Crippen LogP contribution < -0.4 is 11.1 Å². The van der Waals surface area contributed by atoms with Gasteiger partial charge in [0.15, 0.2) is 0 Å². The highest BCUT2D eigenvalue weighted by molar-refractivity contribution is 5.85. The van der Waals surface area contributed by atoms with Gasteiger partial charge < -0.3 is 11.1 Å². The van der Waals surface area contributed by atoms with Crippen LogP contribution in [0.5, 0.6) is 0 Å². The fourth-order valence-corrected chi connectivity index (χ4v) is 3.50. The van der Waals surface area contributed by atoms with Crippen LogP contribution in [0.1, 0.15) is 46.0 Å². The molecule has 2 aliphatic heterocycles. The molecule has 2 aliphatic rings. The summed E-state index contributed by atoms with van der Waals surface area (Å²) in [6, 6.07) is 1.99. The van der Waals surface area contributed by atoms with E-state index in [0.717, 1.165) is 18.0 Å². The standard InChI is InChI=1S/C14H29N3.ClH/c1-11(2)9-14-10-12(15)5-8-17(14)13-3-6-16-7-4-13;/h11-14,16H,3-10,15H2,1-2H3;1H/t12?,14-;/m1./s1. The Bertz CT molecular complexity index is 227. The molecule has 0 aromatic heterocycles. The molecule has 2 rings (SSSR count). The zero-order valence-electron chi connectivity index (χ0n) is 11.9. The number of nitrogens with one attached hydrogen (secondary N) is 1. The van der Waals surface area contributed by atoms with Gasteiger partial charge in [0.2, 0.25) is 0 Å². The summed E-state index contributed by atoms with van der Waals surface area (Å²) >= 11 is 0. The van der Waals surface area contributed by atoms with Crippen LogP contribution >= 0.6 is 12.4 Å². The van der Waals surface area contributed by atoms with E-state index in [1.807, 2.05) is 0 Å². The predicted octanol–water partition coefficient (Wildman–Crippen LogP) is 2.00. The quantitative estimate of drug-likeness (QED) is 0.828. The number of hydrogen-bond acceptors (Lipinski definition) is 3. The molecule has 0 aromatic rings. The van der Waals surface area contributed by atoms with Gasteiger partial charge in [0.25, 0.3) is 0 Å². The topological polar surface area (TPSA) is 41.3 Å². The Balaban J connectivity index is 0.00000162. The van der Waals surface area contributed by atoms with Crippen molar-refractivity contribution in [3.8, 4) is 0 Å². The first kappa shape index (κ1) is 16.2. The summed E-state index contributed by atoms with van der Waals surface area (Å²) in [4.78, 5) is 2.78. The Morgan fingerprint density at radius 1 is 1.22 bits per heavy atom. The molecule has 3 nitrogen and oxygen atoms in total. The number of nitrogens with zero attached hydrogens (tertiary/aromatic N) is 1. The molecule has 0 aromatic carbocycles. The summed E-state index contributed by atoms with van der Waals surface area (Å²) in [5, 5.41) is 3.47. The van der Waals surface area contributed by atoms with Crippen molar-refractivity contribution in [2.45, 2.75) is 64.1 Å². The van der Waals surface area contributed by atoms with Crippen molar-refractivity contribution in [1.29, 1.82) is 0 Å². The smallest absolute Gasteiger partial charge is 0.0122 e. The molecule has 2 heterocycles. The molecular formula is C14H30ClN3. The van der Waals surface area contributed by atoms with Gasteiger partial charge in [-0.15, -0.1) is 12.4 Å². The normalized spacial score (nSPS) is 31.3. The molecule has 0 amide bonds. The Labute approximate surface area is 118 Å². The Morgan fingerprint density at radius 2 is 1.89 bits per heavy atom. The van der Waals surface area contributed by atoms with Gasteiger partial charge in [-0.05, 0) is 51.1 Å². The van der Waals surface area contributed by atoms with E-state index in [-0.39, 0.29) is 12.4 Å². The van der Waals surface area contributed by atoms with Crippen LogP contribution in [0.3, 0.4) is 0 Å². The van der Waals surface area contributed by atoms with E-state index in [1.165, 1.54) is 51.7 Å². The van der Waals surface area contributed by atoms with Gasteiger partial charge in [0, 0.05) is 24.7 Å². The third kappa shape index (κ3) is 4.37. The third-order valence-corrected chi connectivity index (χ3v) is 4.32. The zero-order valence-corrected chi connectivity index (χ0v) is 12.7. The van der Waals surface area contributed by atoms with E-state index in [2.05, 4.69) is 24.1 Å². The van der Waals surface area contributed by atoms with Gasteiger partial charge in [-0.1, -0.05) is 13.8 Å². The number of nitrogens with two attached hydrogens (primary N) is 1. The molecular weight excluding hydrogens is 246 g/mol. The van der Waals surface area contributed by atoms with Crippen molar-refractivity contribution in [1.82, 2.24) is 10.2 Å². The van der Waals surface area contributed by atoms with Crippen LogP contribution in [0.4, 0.5) is 0 Å². The summed E-state index contributed by atoms with van der Waals surface area (Å²) in [5.74, 6) is 0.787. The minimum absolute atomic E-state index is 0. The molecule has 2 fully saturated rings. The number of halogens is 1. The van der Waals surface area contributed by atoms with Crippen LogP contribution in [0, 0.1) is 5.92 Å². The van der Waals surface area contributed by atoms with Gasteiger partial charge in [0.1, 0.15) is 0 Å². The second-order valence-corrected chi connectivity index (χ2v) is 6.29. The van der Waals surface area contributed by atoms with Crippen LogP contribution in [-0.2, 0) is 0 Å². The van der Waals surface area contributed by atoms with E-state index < -0.39 is 0 Å².